The number of likely N-dealkylation sites (N-methyl/N-ethyl adjacent to an activating group) is 1. The lowest BCUT2D eigenvalue weighted by Crippen LogP contribution is -2.57. The van der Waals surface area contributed by atoms with E-state index in [0.29, 0.717) is 6.61 Å². The van der Waals surface area contributed by atoms with Crippen molar-refractivity contribution in [1.29, 1.82) is 0 Å². The average Bonchev–Trinajstić information content (AvgIpc) is 3.24. The van der Waals surface area contributed by atoms with Gasteiger partial charge in [-0.2, -0.15) is 0 Å². The fourth-order valence-electron chi connectivity index (χ4n) is 4.13. The Bertz CT molecular complexity index is 548. The van der Waals surface area contributed by atoms with Crippen molar-refractivity contribution < 1.29 is 28.5 Å². The maximum Gasteiger partial charge on any atom is 0.253 e. The predicted molar refractivity (Wildman–Crippen MR) is 94.4 cm³/mol. The first-order valence-electron chi connectivity index (χ1n) is 9.46. The van der Waals surface area contributed by atoms with E-state index < -0.39 is 11.6 Å². The number of rotatable bonds is 4. The summed E-state index contributed by atoms with van der Waals surface area (Å²) >= 11 is 0. The molecule has 0 aromatic heterocycles. The van der Waals surface area contributed by atoms with Crippen molar-refractivity contribution in [2.75, 3.05) is 20.7 Å². The van der Waals surface area contributed by atoms with Crippen molar-refractivity contribution in [1.82, 2.24) is 4.90 Å². The number of hydrogen-bond acceptors (Lipinski definition) is 6. The van der Waals surface area contributed by atoms with Crippen LogP contribution >= 0.6 is 0 Å². The fourth-order valence-corrected chi connectivity index (χ4v) is 4.13. The molecule has 0 bridgehead atoms. The number of ether oxygens (including phenoxy) is 5. The average molecular weight is 371 g/mol. The monoisotopic (exact) mass is 371 g/mol. The highest BCUT2D eigenvalue weighted by atomic mass is 16.8. The minimum Gasteiger partial charge on any atom is -0.359 e. The van der Waals surface area contributed by atoms with Gasteiger partial charge in [-0.1, -0.05) is 13.8 Å². The van der Waals surface area contributed by atoms with E-state index in [0.717, 1.165) is 0 Å². The molecule has 150 valence electrons. The summed E-state index contributed by atoms with van der Waals surface area (Å²) in [6.07, 6.45) is -0.873. The summed E-state index contributed by atoms with van der Waals surface area (Å²) in [5, 5.41) is 0. The maximum absolute atomic E-state index is 12.2. The smallest absolute Gasteiger partial charge is 0.253 e. The van der Waals surface area contributed by atoms with Gasteiger partial charge in [-0.3, -0.25) is 4.79 Å². The van der Waals surface area contributed by atoms with E-state index in [9.17, 15) is 4.79 Å². The van der Waals surface area contributed by atoms with Crippen molar-refractivity contribution in [2.45, 2.75) is 83.6 Å². The molecule has 0 radical (unpaired) electrons. The van der Waals surface area contributed by atoms with Gasteiger partial charge in [0.05, 0.1) is 24.9 Å². The van der Waals surface area contributed by atoms with Gasteiger partial charge in [0.25, 0.3) is 5.91 Å². The van der Waals surface area contributed by atoms with Gasteiger partial charge < -0.3 is 28.6 Å². The highest BCUT2D eigenvalue weighted by molar-refractivity contribution is 5.83. The SMILES string of the molecule is C[C@@H]([C@H]1OC(C)(C)O[C@H]([C@H]2COC(C)(C)O2)[C@H]1C)[C@H]1O[C@@H]1C(=O)N(C)C. The molecule has 7 heteroatoms. The lowest BCUT2D eigenvalue weighted by atomic mass is 9.83. The third-order valence-electron chi connectivity index (χ3n) is 5.52. The molecule has 0 saturated carbocycles. The molecule has 26 heavy (non-hydrogen) atoms. The van der Waals surface area contributed by atoms with Gasteiger partial charge in [-0.05, 0) is 27.7 Å². The molecule has 7 atom stereocenters. The van der Waals surface area contributed by atoms with Crippen molar-refractivity contribution in [3.8, 4) is 0 Å². The van der Waals surface area contributed by atoms with Gasteiger partial charge in [0.15, 0.2) is 17.7 Å². The van der Waals surface area contributed by atoms with Crippen molar-refractivity contribution in [3.63, 3.8) is 0 Å². The third kappa shape index (κ3) is 3.92. The predicted octanol–water partition coefficient (Wildman–Crippen LogP) is 1.79. The van der Waals surface area contributed by atoms with Crippen LogP contribution < -0.4 is 0 Å². The summed E-state index contributed by atoms with van der Waals surface area (Å²) in [7, 11) is 3.50. The second-order valence-electron chi connectivity index (χ2n) is 8.90. The molecule has 0 unspecified atom stereocenters. The molecule has 3 aliphatic heterocycles. The van der Waals surface area contributed by atoms with Crippen LogP contribution in [0.25, 0.3) is 0 Å². The Morgan fingerprint density at radius 1 is 1.04 bits per heavy atom. The molecular weight excluding hydrogens is 338 g/mol. The van der Waals surface area contributed by atoms with Gasteiger partial charge in [-0.25, -0.2) is 0 Å². The topological polar surface area (TPSA) is 69.8 Å². The molecule has 3 fully saturated rings. The normalized spacial score (nSPS) is 42.3. The molecule has 0 aliphatic carbocycles. The minimum atomic E-state index is -0.734. The van der Waals surface area contributed by atoms with Crippen molar-refractivity contribution in [2.24, 2.45) is 11.8 Å². The van der Waals surface area contributed by atoms with Gasteiger partial charge in [0.1, 0.15) is 6.10 Å². The minimum absolute atomic E-state index is 0.00616. The summed E-state index contributed by atoms with van der Waals surface area (Å²) in [6, 6.07) is 0. The molecule has 3 aliphatic rings. The Morgan fingerprint density at radius 3 is 2.23 bits per heavy atom. The second kappa shape index (κ2) is 6.71. The summed E-state index contributed by atoms with van der Waals surface area (Å²) in [4.78, 5) is 13.7. The fraction of sp³-hybridized carbons (Fsp3) is 0.947. The van der Waals surface area contributed by atoms with Gasteiger partial charge in [-0.15, -0.1) is 0 Å². The van der Waals surface area contributed by atoms with Gasteiger partial charge >= 0.3 is 0 Å². The van der Waals surface area contributed by atoms with Gasteiger partial charge in [0, 0.05) is 25.9 Å². The number of epoxide rings is 1. The van der Waals surface area contributed by atoms with E-state index in [-0.39, 0.29) is 48.3 Å². The van der Waals surface area contributed by atoms with Crippen LogP contribution in [0.2, 0.25) is 0 Å². The van der Waals surface area contributed by atoms with Crippen LogP contribution in [0.3, 0.4) is 0 Å². The summed E-state index contributed by atoms with van der Waals surface area (Å²) in [6.45, 7) is 12.4. The van der Waals surface area contributed by atoms with Crippen LogP contribution in [0.5, 0.6) is 0 Å². The zero-order valence-electron chi connectivity index (χ0n) is 17.1. The largest absolute Gasteiger partial charge is 0.359 e. The molecule has 0 N–H and O–H groups in total. The number of carbonyl (C=O) groups is 1. The maximum atomic E-state index is 12.2. The third-order valence-corrected chi connectivity index (χ3v) is 5.52. The number of amides is 1. The van der Waals surface area contributed by atoms with Crippen LogP contribution in [-0.2, 0) is 28.5 Å². The van der Waals surface area contributed by atoms with Gasteiger partial charge in [0.2, 0.25) is 0 Å². The first-order chi connectivity index (χ1) is 11.9. The van der Waals surface area contributed by atoms with Crippen LogP contribution in [0.15, 0.2) is 0 Å². The van der Waals surface area contributed by atoms with Crippen molar-refractivity contribution in [3.05, 3.63) is 0 Å². The van der Waals surface area contributed by atoms with E-state index in [2.05, 4.69) is 13.8 Å². The van der Waals surface area contributed by atoms with E-state index in [1.165, 1.54) is 0 Å². The number of hydrogen-bond donors (Lipinski definition) is 0. The molecule has 0 aromatic carbocycles. The van der Waals surface area contributed by atoms with E-state index >= 15 is 0 Å². The number of nitrogens with zero attached hydrogens (tertiary/aromatic N) is 1. The Morgan fingerprint density at radius 2 is 1.69 bits per heavy atom. The highest BCUT2D eigenvalue weighted by Gasteiger charge is 2.56. The van der Waals surface area contributed by atoms with E-state index in [1.54, 1.807) is 19.0 Å². The van der Waals surface area contributed by atoms with Crippen LogP contribution in [-0.4, -0.2) is 73.6 Å². The Kier molecular flexibility index (Phi) is 5.16. The molecular formula is C19H33NO6. The summed E-state index contributed by atoms with van der Waals surface area (Å²) in [5.74, 6) is -1.17. The molecule has 3 rings (SSSR count). The van der Waals surface area contributed by atoms with Crippen LogP contribution in [0.1, 0.15) is 41.5 Å². The zero-order valence-corrected chi connectivity index (χ0v) is 17.1. The lowest BCUT2D eigenvalue weighted by molar-refractivity contribution is -0.342. The molecule has 3 heterocycles. The summed E-state index contributed by atoms with van der Waals surface area (Å²) < 4.78 is 30.0. The molecule has 1 amide bonds. The Balaban J connectivity index is 1.72. The molecule has 0 spiro atoms. The second-order valence-corrected chi connectivity index (χ2v) is 8.90. The Hall–Kier alpha value is -0.730. The van der Waals surface area contributed by atoms with Crippen LogP contribution in [0, 0.1) is 11.8 Å². The summed E-state index contributed by atoms with van der Waals surface area (Å²) in [5.41, 5.74) is 0. The number of carbonyl (C=O) groups excluding carboxylic acids is 1. The Labute approximate surface area is 156 Å². The lowest BCUT2D eigenvalue weighted by Gasteiger charge is -2.48. The highest BCUT2D eigenvalue weighted by Crippen LogP contribution is 2.43. The first kappa shape index (κ1) is 20.0. The van der Waals surface area contributed by atoms with Crippen LogP contribution in [0.4, 0.5) is 0 Å². The molecule has 7 nitrogen and oxygen atoms in total. The van der Waals surface area contributed by atoms with E-state index in [4.69, 9.17) is 23.7 Å². The first-order valence-corrected chi connectivity index (χ1v) is 9.46. The van der Waals surface area contributed by atoms with E-state index in [1.807, 2.05) is 27.7 Å². The standard InChI is InChI=1S/C19H33NO6/c1-10-13(11(2)15-16(23-15)17(21)20(7)8)25-19(5,6)26-14(10)12-9-22-18(3,4)24-12/h10-16H,9H2,1-8H3/t10-,11-,12+,13-,14-,15+,16-/m0/s1. The molecule has 3 saturated heterocycles. The quantitative estimate of drug-likeness (QED) is 0.702. The zero-order chi connectivity index (χ0) is 19.4. The van der Waals surface area contributed by atoms with Crippen molar-refractivity contribution >= 4 is 5.91 Å². The molecule has 0 aromatic rings.